The largest absolute Gasteiger partial charge is 0.486 e. The molecular formula is C22H26FI2NO. The van der Waals surface area contributed by atoms with E-state index in [1.807, 2.05) is 36.4 Å². The average molecular weight is 593 g/mol. The molecule has 1 atom stereocenters. The van der Waals surface area contributed by atoms with Gasteiger partial charge in [0.25, 0.3) is 0 Å². The Morgan fingerprint density at radius 1 is 1.07 bits per heavy atom. The predicted molar refractivity (Wildman–Crippen MR) is 126 cm³/mol. The molecule has 0 radical (unpaired) electrons. The van der Waals surface area contributed by atoms with Crippen LogP contribution in [0.2, 0.25) is 0 Å². The van der Waals surface area contributed by atoms with Crippen molar-refractivity contribution in [1.82, 2.24) is 4.90 Å². The third-order valence-corrected chi connectivity index (χ3v) is 6.64. The fourth-order valence-electron chi connectivity index (χ4n) is 3.43. The predicted octanol–water partition coefficient (Wildman–Crippen LogP) is 6.67. The highest BCUT2D eigenvalue weighted by Crippen LogP contribution is 2.32. The third-order valence-electron chi connectivity index (χ3n) is 5.30. The van der Waals surface area contributed by atoms with Gasteiger partial charge in [0.1, 0.15) is 17.7 Å². The van der Waals surface area contributed by atoms with E-state index in [0.717, 1.165) is 38.9 Å². The van der Waals surface area contributed by atoms with Gasteiger partial charge in [-0.15, -0.1) is 0 Å². The molecular weight excluding hydrogens is 567 g/mol. The smallest absolute Gasteiger partial charge is 0.131 e. The fraction of sp³-hybridized carbons (Fsp3) is 0.455. The number of likely N-dealkylation sites (tertiary alicyclic amines) is 1. The minimum atomic E-state index is -0.282. The van der Waals surface area contributed by atoms with Gasteiger partial charge in [-0.3, -0.25) is 0 Å². The minimum absolute atomic E-state index is 0.183. The molecule has 146 valence electrons. The first-order valence-electron chi connectivity index (χ1n) is 9.42. The van der Waals surface area contributed by atoms with Gasteiger partial charge in [0.15, 0.2) is 0 Å². The Morgan fingerprint density at radius 2 is 1.78 bits per heavy atom. The number of benzene rings is 2. The van der Waals surface area contributed by atoms with Crippen molar-refractivity contribution in [3.63, 3.8) is 0 Å². The van der Waals surface area contributed by atoms with Gasteiger partial charge in [-0.05, 0) is 107 Å². The molecule has 3 rings (SSSR count). The first-order chi connectivity index (χ1) is 12.8. The van der Waals surface area contributed by atoms with Gasteiger partial charge < -0.3 is 9.64 Å². The molecule has 1 fully saturated rings. The first kappa shape index (κ1) is 21.3. The third kappa shape index (κ3) is 6.29. The van der Waals surface area contributed by atoms with E-state index in [1.54, 1.807) is 6.07 Å². The molecule has 2 aromatic carbocycles. The number of halogens is 3. The molecule has 0 saturated carbocycles. The lowest BCUT2D eigenvalue weighted by Gasteiger charge is -2.37. The fourth-order valence-corrected chi connectivity index (χ4v) is 4.39. The summed E-state index contributed by atoms with van der Waals surface area (Å²) in [5, 5.41) is 0. The van der Waals surface area contributed by atoms with Crippen molar-refractivity contribution in [2.24, 2.45) is 5.41 Å². The Hall–Kier alpha value is -0.410. The van der Waals surface area contributed by atoms with Crippen LogP contribution in [0, 0.1) is 18.4 Å². The highest BCUT2D eigenvalue weighted by molar-refractivity contribution is 14.1. The SMILES string of the molecule is CC1(C)CCN(CCC(Oc2cccc(I)c2)c2ccc(I)cc2F)CC1. The number of hydrogen-bond acceptors (Lipinski definition) is 2. The van der Waals surface area contributed by atoms with Gasteiger partial charge in [-0.25, -0.2) is 4.39 Å². The van der Waals surface area contributed by atoms with Crippen molar-refractivity contribution >= 4 is 45.2 Å². The second kappa shape index (κ2) is 9.39. The summed E-state index contributed by atoms with van der Waals surface area (Å²) in [5.41, 5.74) is 1.08. The molecule has 2 nitrogen and oxygen atoms in total. The van der Waals surface area contributed by atoms with E-state index in [-0.39, 0.29) is 11.9 Å². The zero-order chi connectivity index (χ0) is 19.4. The van der Waals surface area contributed by atoms with Gasteiger partial charge in [0.05, 0.1) is 0 Å². The average Bonchev–Trinajstić information content (AvgIpc) is 2.60. The summed E-state index contributed by atoms with van der Waals surface area (Å²) < 4.78 is 22.9. The highest BCUT2D eigenvalue weighted by Gasteiger charge is 2.26. The van der Waals surface area contributed by atoms with Crippen molar-refractivity contribution in [2.45, 2.75) is 39.2 Å². The van der Waals surface area contributed by atoms with Crippen LogP contribution in [0.3, 0.4) is 0 Å². The standard InChI is InChI=1S/C22H26FI2NO/c1-22(2)9-12-26(13-10-22)11-8-21(19-7-6-17(25)15-20(19)23)27-18-5-3-4-16(24)14-18/h3-7,14-15,21H,8-13H2,1-2H3. The van der Waals surface area contributed by atoms with E-state index in [1.165, 1.54) is 12.8 Å². The van der Waals surface area contributed by atoms with Gasteiger partial charge in [0.2, 0.25) is 0 Å². The summed E-state index contributed by atoms with van der Waals surface area (Å²) in [6, 6.07) is 13.4. The molecule has 1 unspecified atom stereocenters. The number of piperidine rings is 1. The summed E-state index contributed by atoms with van der Waals surface area (Å²) in [7, 11) is 0. The Morgan fingerprint density at radius 3 is 2.44 bits per heavy atom. The molecule has 0 aliphatic carbocycles. The Bertz CT molecular complexity index is 771. The van der Waals surface area contributed by atoms with Crippen LogP contribution >= 0.6 is 45.2 Å². The molecule has 0 amide bonds. The van der Waals surface area contributed by atoms with Crippen LogP contribution in [-0.4, -0.2) is 24.5 Å². The van der Waals surface area contributed by atoms with Crippen LogP contribution < -0.4 is 4.74 Å². The lowest BCUT2D eigenvalue weighted by Crippen LogP contribution is -2.38. The normalized spacial score (nSPS) is 18.3. The second-order valence-electron chi connectivity index (χ2n) is 8.02. The summed E-state index contributed by atoms with van der Waals surface area (Å²) in [6.45, 7) is 7.83. The lowest BCUT2D eigenvalue weighted by atomic mass is 9.82. The molecule has 1 aliphatic rings. The maximum atomic E-state index is 14.6. The molecule has 0 spiro atoms. The van der Waals surface area contributed by atoms with Crippen molar-refractivity contribution in [3.05, 3.63) is 61.0 Å². The van der Waals surface area contributed by atoms with Gasteiger partial charge >= 0.3 is 0 Å². The summed E-state index contributed by atoms with van der Waals surface area (Å²) >= 11 is 4.42. The van der Waals surface area contributed by atoms with Crippen molar-refractivity contribution in [2.75, 3.05) is 19.6 Å². The molecule has 0 bridgehead atoms. The molecule has 5 heteroatoms. The van der Waals surface area contributed by atoms with E-state index >= 15 is 0 Å². The number of ether oxygens (including phenoxy) is 1. The number of hydrogen-bond donors (Lipinski definition) is 0. The molecule has 1 aliphatic heterocycles. The van der Waals surface area contributed by atoms with Crippen LogP contribution in [0.1, 0.15) is 44.8 Å². The minimum Gasteiger partial charge on any atom is -0.486 e. The molecule has 1 heterocycles. The van der Waals surface area contributed by atoms with E-state index in [4.69, 9.17) is 4.74 Å². The second-order valence-corrected chi connectivity index (χ2v) is 10.5. The summed E-state index contributed by atoms with van der Waals surface area (Å²) in [6.07, 6.45) is 2.93. The first-order valence-corrected chi connectivity index (χ1v) is 11.6. The molecule has 27 heavy (non-hydrogen) atoms. The maximum absolute atomic E-state index is 14.6. The van der Waals surface area contributed by atoms with E-state index < -0.39 is 0 Å². The number of rotatable bonds is 6. The van der Waals surface area contributed by atoms with Crippen molar-refractivity contribution in [1.29, 1.82) is 0 Å². The van der Waals surface area contributed by atoms with E-state index in [0.29, 0.717) is 11.0 Å². The maximum Gasteiger partial charge on any atom is 0.131 e. The Labute approximate surface area is 189 Å². The van der Waals surface area contributed by atoms with Crippen LogP contribution in [-0.2, 0) is 0 Å². The summed E-state index contributed by atoms with van der Waals surface area (Å²) in [5.74, 6) is 0.613. The van der Waals surface area contributed by atoms with E-state index in [9.17, 15) is 4.39 Å². The molecule has 0 aromatic heterocycles. The van der Waals surface area contributed by atoms with Crippen molar-refractivity contribution < 1.29 is 9.13 Å². The van der Waals surface area contributed by atoms with Crippen LogP contribution in [0.4, 0.5) is 4.39 Å². The Kier molecular flexibility index (Phi) is 7.41. The molecule has 2 aromatic rings. The molecule has 1 saturated heterocycles. The topological polar surface area (TPSA) is 12.5 Å². The van der Waals surface area contributed by atoms with Gasteiger partial charge in [-0.2, -0.15) is 0 Å². The summed E-state index contributed by atoms with van der Waals surface area (Å²) in [4.78, 5) is 2.49. The van der Waals surface area contributed by atoms with Gasteiger partial charge in [-0.1, -0.05) is 26.0 Å². The quantitative estimate of drug-likeness (QED) is 0.348. The Balaban J connectivity index is 1.73. The number of nitrogens with zero attached hydrogens (tertiary/aromatic N) is 1. The zero-order valence-electron chi connectivity index (χ0n) is 15.9. The monoisotopic (exact) mass is 593 g/mol. The van der Waals surface area contributed by atoms with Crippen LogP contribution in [0.25, 0.3) is 0 Å². The van der Waals surface area contributed by atoms with Crippen LogP contribution in [0.15, 0.2) is 42.5 Å². The highest BCUT2D eigenvalue weighted by atomic mass is 127. The van der Waals surface area contributed by atoms with Crippen LogP contribution in [0.5, 0.6) is 5.75 Å². The van der Waals surface area contributed by atoms with E-state index in [2.05, 4.69) is 63.9 Å². The van der Waals surface area contributed by atoms with Crippen molar-refractivity contribution in [3.8, 4) is 5.75 Å². The zero-order valence-corrected chi connectivity index (χ0v) is 20.2. The lowest BCUT2D eigenvalue weighted by molar-refractivity contribution is 0.108. The van der Waals surface area contributed by atoms with Gasteiger partial charge in [0, 0.05) is 25.7 Å². The molecule has 0 N–H and O–H groups in total.